The van der Waals surface area contributed by atoms with E-state index in [4.69, 9.17) is 0 Å². The maximum Gasteiger partial charge on any atom is 0.203 e. The van der Waals surface area contributed by atoms with Crippen molar-refractivity contribution in [3.63, 3.8) is 0 Å². The molecule has 1 atom stereocenters. The number of benzene rings is 1. The minimum atomic E-state index is 0.506. The average molecular weight is 230 g/mol. The summed E-state index contributed by atoms with van der Waals surface area (Å²) in [5, 5.41) is 6.86. The number of imidazole rings is 1. The van der Waals surface area contributed by atoms with Gasteiger partial charge >= 0.3 is 0 Å². The Labute approximate surface area is 101 Å². The van der Waals surface area contributed by atoms with Gasteiger partial charge in [-0.2, -0.15) is 0 Å². The highest BCUT2D eigenvalue weighted by Gasteiger charge is 2.16. The molecule has 1 unspecified atom stereocenters. The van der Waals surface area contributed by atoms with Gasteiger partial charge in [0.1, 0.15) is 0 Å². The number of hydrogen-bond acceptors (Lipinski definition) is 3. The van der Waals surface area contributed by atoms with Gasteiger partial charge in [-0.05, 0) is 37.6 Å². The van der Waals surface area contributed by atoms with Gasteiger partial charge in [-0.15, -0.1) is 0 Å². The SMILES string of the molecule is Cc1ccc2nc(NC3CCNC3)n(C)c2c1. The van der Waals surface area contributed by atoms with E-state index in [1.807, 2.05) is 0 Å². The summed E-state index contributed by atoms with van der Waals surface area (Å²) in [5.41, 5.74) is 3.53. The van der Waals surface area contributed by atoms with E-state index in [9.17, 15) is 0 Å². The number of nitrogens with one attached hydrogen (secondary N) is 2. The summed E-state index contributed by atoms with van der Waals surface area (Å²) in [7, 11) is 2.07. The van der Waals surface area contributed by atoms with Crippen molar-refractivity contribution in [1.82, 2.24) is 14.9 Å². The van der Waals surface area contributed by atoms with Crippen molar-refractivity contribution in [2.24, 2.45) is 7.05 Å². The number of aromatic nitrogens is 2. The van der Waals surface area contributed by atoms with E-state index in [0.29, 0.717) is 6.04 Å². The number of aryl methyl sites for hydroxylation is 2. The molecule has 1 aromatic heterocycles. The second-order valence-corrected chi connectivity index (χ2v) is 4.82. The van der Waals surface area contributed by atoms with Crippen LogP contribution >= 0.6 is 0 Å². The van der Waals surface area contributed by atoms with E-state index in [1.54, 1.807) is 0 Å². The summed E-state index contributed by atoms with van der Waals surface area (Å²) in [6.07, 6.45) is 1.17. The van der Waals surface area contributed by atoms with Crippen LogP contribution in [-0.2, 0) is 7.05 Å². The molecule has 1 aliphatic heterocycles. The molecule has 17 heavy (non-hydrogen) atoms. The molecule has 0 amide bonds. The predicted molar refractivity (Wildman–Crippen MR) is 70.3 cm³/mol. The highest BCUT2D eigenvalue weighted by atomic mass is 15.2. The molecule has 2 aromatic rings. The second-order valence-electron chi connectivity index (χ2n) is 4.82. The molecule has 1 aromatic carbocycles. The lowest BCUT2D eigenvalue weighted by Gasteiger charge is -2.11. The molecular weight excluding hydrogens is 212 g/mol. The minimum absolute atomic E-state index is 0.506. The van der Waals surface area contributed by atoms with E-state index in [1.165, 1.54) is 17.5 Å². The van der Waals surface area contributed by atoms with Crippen molar-refractivity contribution in [3.8, 4) is 0 Å². The molecule has 0 bridgehead atoms. The van der Waals surface area contributed by atoms with Crippen molar-refractivity contribution in [3.05, 3.63) is 23.8 Å². The first-order valence-electron chi connectivity index (χ1n) is 6.14. The van der Waals surface area contributed by atoms with Crippen molar-refractivity contribution in [2.45, 2.75) is 19.4 Å². The fourth-order valence-electron chi connectivity index (χ4n) is 2.39. The summed E-state index contributed by atoms with van der Waals surface area (Å²) >= 11 is 0. The Morgan fingerprint density at radius 3 is 3.12 bits per heavy atom. The Morgan fingerprint density at radius 1 is 1.47 bits per heavy atom. The summed E-state index contributed by atoms with van der Waals surface area (Å²) in [5.74, 6) is 0.972. The maximum atomic E-state index is 4.64. The summed E-state index contributed by atoms with van der Waals surface area (Å²) in [6, 6.07) is 6.88. The Kier molecular flexibility index (Phi) is 2.52. The van der Waals surface area contributed by atoms with E-state index in [2.05, 4.69) is 52.4 Å². The topological polar surface area (TPSA) is 41.9 Å². The van der Waals surface area contributed by atoms with Crippen LogP contribution < -0.4 is 10.6 Å². The Balaban J connectivity index is 1.96. The van der Waals surface area contributed by atoms with Gasteiger partial charge in [-0.1, -0.05) is 6.07 Å². The number of anilines is 1. The van der Waals surface area contributed by atoms with E-state index >= 15 is 0 Å². The van der Waals surface area contributed by atoms with Crippen LogP contribution in [-0.4, -0.2) is 28.7 Å². The lowest BCUT2D eigenvalue weighted by Crippen LogP contribution is -2.23. The van der Waals surface area contributed by atoms with Crippen LogP contribution in [0.2, 0.25) is 0 Å². The zero-order valence-electron chi connectivity index (χ0n) is 10.3. The standard InChI is InChI=1S/C13H18N4/c1-9-3-4-11-12(7-9)17(2)13(16-11)15-10-5-6-14-8-10/h3-4,7,10,14H,5-6,8H2,1-2H3,(H,15,16). The molecule has 2 N–H and O–H groups in total. The van der Waals surface area contributed by atoms with Gasteiger partial charge in [-0.25, -0.2) is 4.98 Å². The van der Waals surface area contributed by atoms with Gasteiger partial charge in [0, 0.05) is 19.6 Å². The molecule has 4 heteroatoms. The number of fused-ring (bicyclic) bond motifs is 1. The third-order valence-electron chi connectivity index (χ3n) is 3.43. The second kappa shape index (κ2) is 4.04. The van der Waals surface area contributed by atoms with Crippen LogP contribution in [0, 0.1) is 6.92 Å². The zero-order chi connectivity index (χ0) is 11.8. The maximum absolute atomic E-state index is 4.64. The Hall–Kier alpha value is -1.55. The Bertz CT molecular complexity index is 538. The molecular formula is C13H18N4. The minimum Gasteiger partial charge on any atom is -0.352 e. The van der Waals surface area contributed by atoms with Crippen molar-refractivity contribution in [1.29, 1.82) is 0 Å². The number of rotatable bonds is 2. The van der Waals surface area contributed by atoms with E-state index in [0.717, 1.165) is 24.6 Å². The van der Waals surface area contributed by atoms with Gasteiger partial charge in [0.15, 0.2) is 0 Å². The largest absolute Gasteiger partial charge is 0.352 e. The summed E-state index contributed by atoms with van der Waals surface area (Å²) in [4.78, 5) is 4.64. The van der Waals surface area contributed by atoms with Gasteiger partial charge < -0.3 is 15.2 Å². The smallest absolute Gasteiger partial charge is 0.203 e. The predicted octanol–water partition coefficient (Wildman–Crippen LogP) is 1.66. The molecule has 1 aliphatic rings. The van der Waals surface area contributed by atoms with Crippen LogP contribution in [0.1, 0.15) is 12.0 Å². The number of nitrogens with zero attached hydrogens (tertiary/aromatic N) is 2. The molecule has 2 heterocycles. The molecule has 4 nitrogen and oxygen atoms in total. The molecule has 0 saturated carbocycles. The third-order valence-corrected chi connectivity index (χ3v) is 3.43. The lowest BCUT2D eigenvalue weighted by molar-refractivity contribution is 0.768. The van der Waals surface area contributed by atoms with Gasteiger partial charge in [-0.3, -0.25) is 0 Å². The summed E-state index contributed by atoms with van der Waals surface area (Å²) in [6.45, 7) is 4.24. The first-order chi connectivity index (χ1) is 8.24. The molecule has 1 fully saturated rings. The van der Waals surface area contributed by atoms with E-state index < -0.39 is 0 Å². The fraction of sp³-hybridized carbons (Fsp3) is 0.462. The highest BCUT2D eigenvalue weighted by Crippen LogP contribution is 2.20. The zero-order valence-corrected chi connectivity index (χ0v) is 10.3. The van der Waals surface area contributed by atoms with Crippen LogP contribution in [0.3, 0.4) is 0 Å². The molecule has 90 valence electrons. The van der Waals surface area contributed by atoms with Crippen LogP contribution in [0.15, 0.2) is 18.2 Å². The Morgan fingerprint density at radius 2 is 2.35 bits per heavy atom. The van der Waals surface area contributed by atoms with E-state index in [-0.39, 0.29) is 0 Å². The van der Waals surface area contributed by atoms with Crippen molar-refractivity contribution < 1.29 is 0 Å². The lowest BCUT2D eigenvalue weighted by atomic mass is 10.2. The molecule has 0 spiro atoms. The first kappa shape index (κ1) is 10.6. The van der Waals surface area contributed by atoms with Crippen molar-refractivity contribution in [2.75, 3.05) is 18.4 Å². The van der Waals surface area contributed by atoms with Crippen LogP contribution in [0.4, 0.5) is 5.95 Å². The quantitative estimate of drug-likeness (QED) is 0.824. The number of hydrogen-bond donors (Lipinski definition) is 2. The molecule has 0 aliphatic carbocycles. The fourth-order valence-corrected chi connectivity index (χ4v) is 2.39. The van der Waals surface area contributed by atoms with Crippen LogP contribution in [0.25, 0.3) is 11.0 Å². The van der Waals surface area contributed by atoms with Crippen molar-refractivity contribution >= 4 is 17.0 Å². The molecule has 0 radical (unpaired) electrons. The monoisotopic (exact) mass is 230 g/mol. The molecule has 1 saturated heterocycles. The first-order valence-corrected chi connectivity index (χ1v) is 6.14. The third kappa shape index (κ3) is 1.89. The molecule has 3 rings (SSSR count). The van der Waals surface area contributed by atoms with Gasteiger partial charge in [0.05, 0.1) is 11.0 Å². The summed E-state index contributed by atoms with van der Waals surface area (Å²) < 4.78 is 2.14. The average Bonchev–Trinajstić information content (AvgIpc) is 2.91. The normalized spacial score (nSPS) is 20.0. The van der Waals surface area contributed by atoms with Crippen LogP contribution in [0.5, 0.6) is 0 Å². The van der Waals surface area contributed by atoms with Gasteiger partial charge in [0.2, 0.25) is 5.95 Å². The highest BCUT2D eigenvalue weighted by molar-refractivity contribution is 5.79. The van der Waals surface area contributed by atoms with Gasteiger partial charge in [0.25, 0.3) is 0 Å².